The number of methoxy groups -OCH3 is 1. The number of hydrogen-bond donors (Lipinski definition) is 3. The number of fused-ring (bicyclic) bond motifs is 1. The highest BCUT2D eigenvalue weighted by atomic mass is 16.6. The van der Waals surface area contributed by atoms with Crippen LogP contribution in [0.25, 0.3) is 0 Å². The zero-order valence-electron chi connectivity index (χ0n) is 20.9. The molecule has 7 heteroatoms. The summed E-state index contributed by atoms with van der Waals surface area (Å²) in [6.07, 6.45) is 3.71. The van der Waals surface area contributed by atoms with Gasteiger partial charge in [0.1, 0.15) is 5.60 Å². The third-order valence-corrected chi connectivity index (χ3v) is 8.51. The fourth-order valence-corrected chi connectivity index (χ4v) is 7.17. The van der Waals surface area contributed by atoms with Gasteiger partial charge in [-0.2, -0.15) is 0 Å². The van der Waals surface area contributed by atoms with E-state index < -0.39 is 16.6 Å². The Balaban J connectivity index is 1.67. The SMILES string of the molecule is CO[C@@]12CCC(NCCC(=O)OC(C)(C)C)[C@H](C)[C@@]13CCN(C)C2Cc1ccc(O)c(O)c13. The minimum atomic E-state index is -0.485. The van der Waals surface area contributed by atoms with E-state index in [0.717, 1.165) is 43.4 Å². The minimum Gasteiger partial charge on any atom is -0.504 e. The smallest absolute Gasteiger partial charge is 0.307 e. The molecule has 2 bridgehead atoms. The molecule has 1 aromatic carbocycles. The van der Waals surface area contributed by atoms with Gasteiger partial charge in [-0.3, -0.25) is 4.79 Å². The Morgan fingerprint density at radius 1 is 1.27 bits per heavy atom. The number of likely N-dealkylation sites (N-methyl/N-ethyl adjacent to an activating group) is 1. The predicted molar refractivity (Wildman–Crippen MR) is 127 cm³/mol. The molecular formula is C26H40N2O5. The fraction of sp³-hybridized carbons (Fsp3) is 0.731. The normalized spacial score (nSPS) is 33.8. The third kappa shape index (κ3) is 3.72. The summed E-state index contributed by atoms with van der Waals surface area (Å²) < 4.78 is 11.9. The van der Waals surface area contributed by atoms with Crippen LogP contribution in [0.4, 0.5) is 0 Å². The number of carbonyl (C=O) groups is 1. The molecule has 0 aromatic heterocycles. The summed E-state index contributed by atoms with van der Waals surface area (Å²) in [5, 5.41) is 25.2. The van der Waals surface area contributed by atoms with Gasteiger partial charge in [0.15, 0.2) is 11.5 Å². The minimum absolute atomic E-state index is 0.00168. The largest absolute Gasteiger partial charge is 0.504 e. The van der Waals surface area contributed by atoms with Crippen molar-refractivity contribution in [1.82, 2.24) is 10.2 Å². The summed E-state index contributed by atoms with van der Waals surface area (Å²) in [6, 6.07) is 3.93. The van der Waals surface area contributed by atoms with Crippen molar-refractivity contribution in [2.45, 2.75) is 88.5 Å². The molecule has 1 saturated heterocycles. The molecule has 5 atom stereocenters. The Bertz CT molecular complexity index is 913. The molecule has 2 aliphatic carbocycles. The van der Waals surface area contributed by atoms with Crippen molar-refractivity contribution in [2.75, 3.05) is 27.2 Å². The Morgan fingerprint density at radius 2 is 2.00 bits per heavy atom. The van der Waals surface area contributed by atoms with E-state index in [2.05, 4.69) is 24.2 Å². The molecule has 3 N–H and O–H groups in total. The summed E-state index contributed by atoms with van der Waals surface area (Å²) in [7, 11) is 3.96. The summed E-state index contributed by atoms with van der Waals surface area (Å²) in [6.45, 7) is 9.32. The summed E-state index contributed by atoms with van der Waals surface area (Å²) in [5.74, 6) is -0.142. The van der Waals surface area contributed by atoms with Gasteiger partial charge in [-0.25, -0.2) is 0 Å². The van der Waals surface area contributed by atoms with Crippen LogP contribution in [0.1, 0.15) is 64.5 Å². The van der Waals surface area contributed by atoms with Gasteiger partial charge >= 0.3 is 5.97 Å². The van der Waals surface area contributed by atoms with Gasteiger partial charge in [0.2, 0.25) is 0 Å². The molecule has 0 radical (unpaired) electrons. The van der Waals surface area contributed by atoms with E-state index in [9.17, 15) is 15.0 Å². The standard InChI is InChI=1S/C26H40N2O5/c1-16-18(27-13-10-21(30)33-24(2,3)4)9-11-26(32-6)20-15-17-7-8-19(29)23(31)22(17)25(16,26)12-14-28(20)5/h7-8,16,18,20,27,29,31H,9-15H2,1-6H3/t16-,18?,20?,25+,26+/m0/s1. The van der Waals surface area contributed by atoms with Gasteiger partial charge in [-0.15, -0.1) is 0 Å². The van der Waals surface area contributed by atoms with Crippen molar-refractivity contribution < 1.29 is 24.5 Å². The van der Waals surface area contributed by atoms with Gasteiger partial charge in [0, 0.05) is 36.7 Å². The van der Waals surface area contributed by atoms with E-state index in [1.54, 1.807) is 13.2 Å². The lowest BCUT2D eigenvalue weighted by molar-refractivity contribution is -0.201. The summed E-state index contributed by atoms with van der Waals surface area (Å²) in [4.78, 5) is 14.6. The lowest BCUT2D eigenvalue weighted by Crippen LogP contribution is -2.76. The highest BCUT2D eigenvalue weighted by molar-refractivity contribution is 5.70. The molecule has 184 valence electrons. The van der Waals surface area contributed by atoms with E-state index >= 15 is 0 Å². The van der Waals surface area contributed by atoms with Gasteiger partial charge in [-0.1, -0.05) is 13.0 Å². The number of nitrogens with zero attached hydrogens (tertiary/aromatic N) is 1. The number of ether oxygens (including phenoxy) is 2. The van der Waals surface area contributed by atoms with E-state index in [1.165, 1.54) is 0 Å². The van der Waals surface area contributed by atoms with E-state index in [-0.39, 0.29) is 35.5 Å². The first kappa shape index (κ1) is 24.3. The van der Waals surface area contributed by atoms with Crippen LogP contribution in [0.5, 0.6) is 11.5 Å². The van der Waals surface area contributed by atoms with Crippen molar-refractivity contribution in [3.63, 3.8) is 0 Å². The van der Waals surface area contributed by atoms with Crippen LogP contribution in [0, 0.1) is 5.92 Å². The predicted octanol–water partition coefficient (Wildman–Crippen LogP) is 3.10. The first-order valence-corrected chi connectivity index (χ1v) is 12.2. The maximum Gasteiger partial charge on any atom is 0.307 e. The van der Waals surface area contributed by atoms with Crippen molar-refractivity contribution in [1.29, 1.82) is 0 Å². The molecule has 33 heavy (non-hydrogen) atoms. The van der Waals surface area contributed by atoms with Crippen LogP contribution in [-0.2, 0) is 26.1 Å². The number of nitrogens with one attached hydrogen (secondary N) is 1. The van der Waals surface area contributed by atoms with Gasteiger partial charge in [0.05, 0.1) is 12.0 Å². The molecule has 0 spiro atoms. The molecule has 4 rings (SSSR count). The number of phenolic OH excluding ortho intramolecular Hbond substituents is 2. The van der Waals surface area contributed by atoms with Crippen LogP contribution >= 0.6 is 0 Å². The van der Waals surface area contributed by atoms with E-state index in [0.29, 0.717) is 13.0 Å². The van der Waals surface area contributed by atoms with Crippen molar-refractivity contribution >= 4 is 5.97 Å². The van der Waals surface area contributed by atoms with E-state index in [4.69, 9.17) is 9.47 Å². The molecule has 1 heterocycles. The summed E-state index contributed by atoms with van der Waals surface area (Å²) >= 11 is 0. The maximum absolute atomic E-state index is 12.2. The Labute approximate surface area is 197 Å². The molecule has 7 nitrogen and oxygen atoms in total. The number of carbonyl (C=O) groups excluding carboxylic acids is 1. The monoisotopic (exact) mass is 460 g/mol. The molecule has 2 fully saturated rings. The number of aromatic hydroxyl groups is 2. The molecule has 3 aliphatic rings. The zero-order chi connectivity index (χ0) is 24.2. The van der Waals surface area contributed by atoms with Gasteiger partial charge < -0.3 is 29.9 Å². The second kappa shape index (κ2) is 8.43. The fourth-order valence-electron chi connectivity index (χ4n) is 7.17. The summed E-state index contributed by atoms with van der Waals surface area (Å²) in [5.41, 5.74) is 0.592. The van der Waals surface area contributed by atoms with Crippen LogP contribution < -0.4 is 5.32 Å². The lowest BCUT2D eigenvalue weighted by atomic mass is 9.45. The number of benzene rings is 1. The first-order valence-electron chi connectivity index (χ1n) is 12.2. The average Bonchev–Trinajstić information content (AvgIpc) is 2.73. The number of likely N-dealkylation sites (tertiary alicyclic amines) is 1. The second-order valence-corrected chi connectivity index (χ2v) is 11.2. The zero-order valence-corrected chi connectivity index (χ0v) is 20.9. The molecule has 1 saturated carbocycles. The van der Waals surface area contributed by atoms with Crippen molar-refractivity contribution in [2.24, 2.45) is 5.92 Å². The number of piperidine rings is 1. The van der Waals surface area contributed by atoms with Crippen LogP contribution in [0.3, 0.4) is 0 Å². The third-order valence-electron chi connectivity index (χ3n) is 8.51. The molecular weight excluding hydrogens is 420 g/mol. The maximum atomic E-state index is 12.2. The number of esters is 1. The quantitative estimate of drug-likeness (QED) is 0.459. The lowest BCUT2D eigenvalue weighted by Gasteiger charge is -2.68. The highest BCUT2D eigenvalue weighted by Crippen LogP contribution is 2.63. The molecule has 1 aliphatic heterocycles. The number of phenols is 2. The molecule has 2 unspecified atom stereocenters. The number of rotatable bonds is 5. The Hall–Kier alpha value is -1.83. The van der Waals surface area contributed by atoms with Crippen molar-refractivity contribution in [3.8, 4) is 11.5 Å². The van der Waals surface area contributed by atoms with Gasteiger partial charge in [-0.05, 0) is 77.6 Å². The Kier molecular flexibility index (Phi) is 6.21. The van der Waals surface area contributed by atoms with E-state index in [1.807, 2.05) is 26.8 Å². The molecule has 1 aromatic rings. The highest BCUT2D eigenvalue weighted by Gasteiger charge is 2.68. The molecule has 0 amide bonds. The number of hydrogen-bond acceptors (Lipinski definition) is 7. The van der Waals surface area contributed by atoms with Crippen LogP contribution in [0.2, 0.25) is 0 Å². The average molecular weight is 461 g/mol. The van der Waals surface area contributed by atoms with Gasteiger partial charge in [0.25, 0.3) is 0 Å². The Morgan fingerprint density at radius 3 is 2.67 bits per heavy atom. The topological polar surface area (TPSA) is 91.3 Å². The first-order chi connectivity index (χ1) is 15.5. The van der Waals surface area contributed by atoms with Crippen LogP contribution in [0.15, 0.2) is 12.1 Å². The van der Waals surface area contributed by atoms with Crippen molar-refractivity contribution in [3.05, 3.63) is 23.3 Å². The second-order valence-electron chi connectivity index (χ2n) is 11.2. The van der Waals surface area contributed by atoms with Crippen LogP contribution in [-0.4, -0.2) is 71.6 Å².